The highest BCUT2D eigenvalue weighted by molar-refractivity contribution is 7.09. The average Bonchev–Trinajstić information content (AvgIpc) is 2.91. The van der Waals surface area contributed by atoms with Gasteiger partial charge in [0.1, 0.15) is 0 Å². The van der Waals surface area contributed by atoms with E-state index in [9.17, 15) is 4.79 Å². The molecule has 0 spiro atoms. The van der Waals surface area contributed by atoms with Crippen LogP contribution < -0.4 is 5.73 Å². The fraction of sp³-hybridized carbons (Fsp3) is 0.333. The number of aryl methyl sites for hydroxylation is 1. The molecular formula is C15H19N3OS. The van der Waals surface area contributed by atoms with Gasteiger partial charge in [-0.05, 0) is 26.0 Å². The molecule has 0 fully saturated rings. The van der Waals surface area contributed by atoms with Gasteiger partial charge in [0.05, 0.1) is 10.7 Å². The second kappa shape index (κ2) is 6.15. The molecule has 1 heterocycles. The minimum Gasteiger partial charge on any atom is -0.338 e. The first-order valence-electron chi connectivity index (χ1n) is 6.52. The van der Waals surface area contributed by atoms with Crippen molar-refractivity contribution in [3.8, 4) is 11.3 Å². The zero-order valence-electron chi connectivity index (χ0n) is 12.0. The lowest BCUT2D eigenvalue weighted by Crippen LogP contribution is -2.39. The first kappa shape index (κ1) is 14.7. The number of aromatic nitrogens is 1. The summed E-state index contributed by atoms with van der Waals surface area (Å²) in [5.41, 5.74) is 8.15. The van der Waals surface area contributed by atoms with Crippen LogP contribution in [-0.4, -0.2) is 35.4 Å². The van der Waals surface area contributed by atoms with Crippen LogP contribution >= 0.6 is 11.3 Å². The fourth-order valence-electron chi connectivity index (χ4n) is 1.87. The monoisotopic (exact) mass is 289 g/mol. The molecule has 0 aliphatic carbocycles. The van der Waals surface area contributed by atoms with Crippen LogP contribution in [0.15, 0.2) is 29.6 Å². The van der Waals surface area contributed by atoms with Gasteiger partial charge in [0, 0.05) is 36.1 Å². The van der Waals surface area contributed by atoms with Crippen LogP contribution in [0.25, 0.3) is 11.3 Å². The maximum atomic E-state index is 12.4. The van der Waals surface area contributed by atoms with Gasteiger partial charge in [0.15, 0.2) is 0 Å². The summed E-state index contributed by atoms with van der Waals surface area (Å²) < 4.78 is 0. The van der Waals surface area contributed by atoms with Gasteiger partial charge in [0.25, 0.3) is 5.91 Å². The molecule has 20 heavy (non-hydrogen) atoms. The molecule has 5 heteroatoms. The number of benzene rings is 1. The smallest absolute Gasteiger partial charge is 0.253 e. The van der Waals surface area contributed by atoms with Gasteiger partial charge in [0.2, 0.25) is 0 Å². The third-order valence-electron chi connectivity index (χ3n) is 3.35. The van der Waals surface area contributed by atoms with E-state index in [0.29, 0.717) is 12.1 Å². The van der Waals surface area contributed by atoms with Gasteiger partial charge < -0.3 is 10.6 Å². The van der Waals surface area contributed by atoms with Crippen molar-refractivity contribution >= 4 is 17.2 Å². The molecule has 0 saturated heterocycles. The third-order valence-corrected chi connectivity index (χ3v) is 4.12. The summed E-state index contributed by atoms with van der Waals surface area (Å²) in [7, 11) is 1.78. The number of carbonyl (C=O) groups excluding carboxylic acids is 1. The first-order valence-corrected chi connectivity index (χ1v) is 7.40. The number of hydrogen-bond acceptors (Lipinski definition) is 4. The van der Waals surface area contributed by atoms with Crippen molar-refractivity contribution in [3.63, 3.8) is 0 Å². The molecule has 2 rings (SSSR count). The third kappa shape index (κ3) is 3.05. The number of nitrogens with zero attached hydrogens (tertiary/aromatic N) is 2. The first-order chi connectivity index (χ1) is 9.52. The van der Waals surface area contributed by atoms with Crippen molar-refractivity contribution in [3.05, 3.63) is 40.2 Å². The molecule has 1 atom stereocenters. The standard InChI is InChI=1S/C15H19N3OS/c1-10(8-16)18(3)15(19)13-6-4-5-12(7-13)14-9-20-11(2)17-14/h4-7,9-10H,8,16H2,1-3H3. The van der Waals surface area contributed by atoms with E-state index in [1.165, 1.54) is 0 Å². The number of carbonyl (C=O) groups is 1. The molecule has 0 radical (unpaired) electrons. The molecular weight excluding hydrogens is 270 g/mol. The Kier molecular flexibility index (Phi) is 4.52. The van der Waals surface area contributed by atoms with Gasteiger partial charge >= 0.3 is 0 Å². The Balaban J connectivity index is 2.28. The van der Waals surface area contributed by atoms with E-state index in [2.05, 4.69) is 4.98 Å². The summed E-state index contributed by atoms with van der Waals surface area (Å²) in [4.78, 5) is 18.5. The molecule has 0 aliphatic heterocycles. The van der Waals surface area contributed by atoms with Gasteiger partial charge in [-0.2, -0.15) is 0 Å². The Morgan fingerprint density at radius 2 is 2.25 bits per heavy atom. The highest BCUT2D eigenvalue weighted by atomic mass is 32.1. The van der Waals surface area contributed by atoms with Gasteiger partial charge in [-0.1, -0.05) is 12.1 Å². The molecule has 1 aromatic carbocycles. The Hall–Kier alpha value is -1.72. The minimum atomic E-state index is -0.0169. The van der Waals surface area contributed by atoms with Crippen LogP contribution in [0.4, 0.5) is 0 Å². The summed E-state index contributed by atoms with van der Waals surface area (Å²) in [5, 5.41) is 3.02. The summed E-state index contributed by atoms with van der Waals surface area (Å²) in [6.45, 7) is 4.36. The molecule has 0 aliphatic rings. The van der Waals surface area contributed by atoms with Crippen molar-refractivity contribution in [2.24, 2.45) is 5.73 Å². The molecule has 1 amide bonds. The number of thiazole rings is 1. The Bertz CT molecular complexity index is 609. The second-order valence-corrected chi connectivity index (χ2v) is 5.90. The summed E-state index contributed by atoms with van der Waals surface area (Å²) in [6.07, 6.45) is 0. The lowest BCUT2D eigenvalue weighted by atomic mass is 10.1. The summed E-state index contributed by atoms with van der Waals surface area (Å²) in [5.74, 6) is -0.0169. The fourth-order valence-corrected chi connectivity index (χ4v) is 2.49. The normalized spacial score (nSPS) is 12.2. The van der Waals surface area contributed by atoms with E-state index in [1.807, 2.05) is 43.5 Å². The molecule has 4 nitrogen and oxygen atoms in total. The van der Waals surface area contributed by atoms with Crippen molar-refractivity contribution < 1.29 is 4.79 Å². The van der Waals surface area contributed by atoms with Crippen LogP contribution in [0.3, 0.4) is 0 Å². The lowest BCUT2D eigenvalue weighted by Gasteiger charge is -2.23. The predicted octanol–water partition coefficient (Wildman–Crippen LogP) is 2.54. The van der Waals surface area contributed by atoms with Crippen LogP contribution in [0.2, 0.25) is 0 Å². The van der Waals surface area contributed by atoms with E-state index in [1.54, 1.807) is 23.3 Å². The second-order valence-electron chi connectivity index (χ2n) is 4.83. The van der Waals surface area contributed by atoms with E-state index in [0.717, 1.165) is 16.3 Å². The Labute approximate surface area is 123 Å². The molecule has 0 saturated carbocycles. The highest BCUT2D eigenvalue weighted by Crippen LogP contribution is 2.23. The number of rotatable bonds is 4. The number of nitrogens with two attached hydrogens (primary N) is 1. The van der Waals surface area contributed by atoms with E-state index >= 15 is 0 Å². The quantitative estimate of drug-likeness (QED) is 0.941. The van der Waals surface area contributed by atoms with Crippen molar-refractivity contribution in [1.82, 2.24) is 9.88 Å². The molecule has 1 aromatic heterocycles. The maximum Gasteiger partial charge on any atom is 0.253 e. The van der Waals surface area contributed by atoms with Crippen LogP contribution in [-0.2, 0) is 0 Å². The Morgan fingerprint density at radius 1 is 1.50 bits per heavy atom. The highest BCUT2D eigenvalue weighted by Gasteiger charge is 2.17. The molecule has 1 unspecified atom stereocenters. The minimum absolute atomic E-state index is 0.0169. The molecule has 0 bridgehead atoms. The van der Waals surface area contributed by atoms with Crippen LogP contribution in [0, 0.1) is 6.92 Å². The predicted molar refractivity (Wildman–Crippen MR) is 82.9 cm³/mol. The van der Waals surface area contributed by atoms with Crippen LogP contribution in [0.1, 0.15) is 22.3 Å². The van der Waals surface area contributed by atoms with Crippen molar-refractivity contribution in [2.45, 2.75) is 19.9 Å². The van der Waals surface area contributed by atoms with Gasteiger partial charge in [-0.25, -0.2) is 4.98 Å². The zero-order chi connectivity index (χ0) is 14.7. The topological polar surface area (TPSA) is 59.2 Å². The van der Waals surface area contributed by atoms with E-state index in [4.69, 9.17) is 5.73 Å². The van der Waals surface area contributed by atoms with Gasteiger partial charge in [-0.3, -0.25) is 4.79 Å². The number of hydrogen-bond donors (Lipinski definition) is 1. The average molecular weight is 289 g/mol. The van der Waals surface area contributed by atoms with Gasteiger partial charge in [-0.15, -0.1) is 11.3 Å². The van der Waals surface area contributed by atoms with E-state index in [-0.39, 0.29) is 11.9 Å². The molecule has 106 valence electrons. The zero-order valence-corrected chi connectivity index (χ0v) is 12.8. The largest absolute Gasteiger partial charge is 0.338 e. The SMILES string of the molecule is Cc1nc(-c2cccc(C(=O)N(C)C(C)CN)c2)cs1. The number of amides is 1. The van der Waals surface area contributed by atoms with Crippen molar-refractivity contribution in [2.75, 3.05) is 13.6 Å². The summed E-state index contributed by atoms with van der Waals surface area (Å²) >= 11 is 1.61. The van der Waals surface area contributed by atoms with Crippen molar-refractivity contribution in [1.29, 1.82) is 0 Å². The molecule has 2 N–H and O–H groups in total. The molecule has 2 aromatic rings. The number of likely N-dealkylation sites (N-methyl/N-ethyl adjacent to an activating group) is 1. The Morgan fingerprint density at radius 3 is 2.85 bits per heavy atom. The summed E-state index contributed by atoms with van der Waals surface area (Å²) in [6, 6.07) is 7.59. The van der Waals surface area contributed by atoms with Crippen LogP contribution in [0.5, 0.6) is 0 Å². The maximum absolute atomic E-state index is 12.4. The lowest BCUT2D eigenvalue weighted by molar-refractivity contribution is 0.0748. The van der Waals surface area contributed by atoms with E-state index < -0.39 is 0 Å².